The van der Waals surface area contributed by atoms with Crippen LogP contribution >= 0.6 is 11.3 Å². The second-order valence-corrected chi connectivity index (χ2v) is 5.07. The zero-order valence-electron chi connectivity index (χ0n) is 9.68. The summed E-state index contributed by atoms with van der Waals surface area (Å²) in [6.45, 7) is 6.28. The van der Waals surface area contributed by atoms with Gasteiger partial charge in [0.25, 0.3) is 0 Å². The minimum atomic E-state index is 0.454. The van der Waals surface area contributed by atoms with Crippen LogP contribution < -0.4 is 5.32 Å². The molecule has 1 N–H and O–H groups in total. The molecule has 4 heteroatoms. The first-order valence-corrected chi connectivity index (χ1v) is 6.36. The third kappa shape index (κ3) is 2.93. The summed E-state index contributed by atoms with van der Waals surface area (Å²) in [5, 5.41) is 5.67. The maximum absolute atomic E-state index is 4.04. The average Bonchev–Trinajstić information content (AvgIpc) is 2.87. The van der Waals surface area contributed by atoms with Crippen LogP contribution in [0.1, 0.15) is 17.4 Å². The second-order valence-electron chi connectivity index (χ2n) is 4.07. The van der Waals surface area contributed by atoms with Gasteiger partial charge < -0.3 is 9.88 Å². The van der Waals surface area contributed by atoms with E-state index in [4.69, 9.17) is 0 Å². The Morgan fingerprint density at radius 1 is 1.56 bits per heavy atom. The molecule has 0 spiro atoms. The topological polar surface area (TPSA) is 29.9 Å². The quantitative estimate of drug-likeness (QED) is 0.862. The van der Waals surface area contributed by atoms with Crippen LogP contribution in [-0.2, 0) is 13.1 Å². The van der Waals surface area contributed by atoms with Crippen LogP contribution in [0, 0.1) is 6.92 Å². The highest BCUT2D eigenvalue weighted by molar-refractivity contribution is 7.10. The van der Waals surface area contributed by atoms with Crippen LogP contribution in [0.3, 0.4) is 0 Å². The Labute approximate surface area is 100 Å². The van der Waals surface area contributed by atoms with Crippen molar-refractivity contribution in [1.29, 1.82) is 0 Å². The number of aromatic nitrogens is 2. The van der Waals surface area contributed by atoms with Gasteiger partial charge in [-0.25, -0.2) is 4.98 Å². The van der Waals surface area contributed by atoms with E-state index in [9.17, 15) is 0 Å². The van der Waals surface area contributed by atoms with E-state index < -0.39 is 0 Å². The third-order valence-electron chi connectivity index (χ3n) is 2.62. The first-order valence-electron chi connectivity index (χ1n) is 5.48. The lowest BCUT2D eigenvalue weighted by Crippen LogP contribution is -2.29. The largest absolute Gasteiger partial charge is 0.336 e. The summed E-state index contributed by atoms with van der Waals surface area (Å²) in [5.41, 5.74) is 1.38. The standard InChI is InChI=1S/C12H17N3S/c1-10-3-6-16-12(10)7-14-11(2)8-15-5-4-13-9-15/h3-6,9,11,14H,7-8H2,1-2H3. The maximum Gasteiger partial charge on any atom is 0.0946 e. The summed E-state index contributed by atoms with van der Waals surface area (Å²) >= 11 is 1.82. The summed E-state index contributed by atoms with van der Waals surface area (Å²) in [6.07, 6.45) is 5.67. The van der Waals surface area contributed by atoms with Gasteiger partial charge in [-0.15, -0.1) is 11.3 Å². The molecule has 16 heavy (non-hydrogen) atoms. The van der Waals surface area contributed by atoms with Crippen molar-refractivity contribution in [3.63, 3.8) is 0 Å². The molecule has 0 aliphatic heterocycles. The fraction of sp³-hybridized carbons (Fsp3) is 0.417. The highest BCUT2D eigenvalue weighted by Crippen LogP contribution is 2.15. The molecule has 0 radical (unpaired) electrons. The first-order chi connectivity index (χ1) is 7.75. The number of nitrogens with one attached hydrogen (secondary N) is 1. The lowest BCUT2D eigenvalue weighted by Gasteiger charge is -2.13. The SMILES string of the molecule is Cc1ccsc1CNC(C)Cn1ccnc1. The minimum Gasteiger partial charge on any atom is -0.336 e. The van der Waals surface area contributed by atoms with E-state index in [2.05, 4.69) is 40.2 Å². The molecule has 0 saturated carbocycles. The number of aryl methyl sites for hydroxylation is 1. The van der Waals surface area contributed by atoms with Gasteiger partial charge in [-0.3, -0.25) is 0 Å². The van der Waals surface area contributed by atoms with E-state index >= 15 is 0 Å². The second kappa shape index (κ2) is 5.27. The lowest BCUT2D eigenvalue weighted by atomic mass is 10.2. The molecular weight excluding hydrogens is 218 g/mol. The molecule has 0 bridgehead atoms. The Hall–Kier alpha value is -1.13. The molecule has 0 aromatic carbocycles. The summed E-state index contributed by atoms with van der Waals surface area (Å²) in [6, 6.07) is 2.62. The van der Waals surface area contributed by atoms with Gasteiger partial charge in [0.2, 0.25) is 0 Å². The number of hydrogen-bond acceptors (Lipinski definition) is 3. The number of hydrogen-bond donors (Lipinski definition) is 1. The van der Waals surface area contributed by atoms with Crippen LogP contribution in [0.25, 0.3) is 0 Å². The van der Waals surface area contributed by atoms with E-state index in [-0.39, 0.29) is 0 Å². The zero-order chi connectivity index (χ0) is 11.4. The predicted octanol–water partition coefficient (Wildman–Crippen LogP) is 2.43. The van der Waals surface area contributed by atoms with Gasteiger partial charge in [-0.2, -0.15) is 0 Å². The highest BCUT2D eigenvalue weighted by atomic mass is 32.1. The van der Waals surface area contributed by atoms with Gasteiger partial charge in [-0.05, 0) is 30.9 Å². The molecule has 2 rings (SSSR count). The monoisotopic (exact) mass is 235 g/mol. The van der Waals surface area contributed by atoms with E-state index in [1.54, 1.807) is 0 Å². The fourth-order valence-corrected chi connectivity index (χ4v) is 2.48. The van der Waals surface area contributed by atoms with E-state index in [0.717, 1.165) is 13.1 Å². The Bertz CT molecular complexity index is 419. The number of nitrogens with zero attached hydrogens (tertiary/aromatic N) is 2. The van der Waals surface area contributed by atoms with Gasteiger partial charge in [0.1, 0.15) is 0 Å². The molecule has 0 amide bonds. The molecule has 3 nitrogen and oxygen atoms in total. The van der Waals surface area contributed by atoms with Crippen molar-refractivity contribution in [2.75, 3.05) is 0 Å². The third-order valence-corrected chi connectivity index (χ3v) is 3.65. The van der Waals surface area contributed by atoms with Crippen LogP contribution in [0.5, 0.6) is 0 Å². The zero-order valence-corrected chi connectivity index (χ0v) is 10.5. The first kappa shape index (κ1) is 11.4. The van der Waals surface area contributed by atoms with Crippen LogP contribution in [0.4, 0.5) is 0 Å². The van der Waals surface area contributed by atoms with E-state index in [1.807, 2.05) is 30.1 Å². The van der Waals surface area contributed by atoms with Crippen molar-refractivity contribution in [1.82, 2.24) is 14.9 Å². The Morgan fingerprint density at radius 3 is 3.06 bits per heavy atom. The number of thiophene rings is 1. The molecule has 2 aromatic heterocycles. The van der Waals surface area contributed by atoms with Crippen molar-refractivity contribution >= 4 is 11.3 Å². The molecule has 86 valence electrons. The smallest absolute Gasteiger partial charge is 0.0946 e. The summed E-state index contributed by atoms with van der Waals surface area (Å²) < 4.78 is 2.10. The van der Waals surface area contributed by atoms with Gasteiger partial charge in [-0.1, -0.05) is 0 Å². The normalized spacial score (nSPS) is 12.9. The summed E-state index contributed by atoms with van der Waals surface area (Å²) in [4.78, 5) is 5.46. The van der Waals surface area contributed by atoms with Gasteiger partial charge >= 0.3 is 0 Å². The highest BCUT2D eigenvalue weighted by Gasteiger charge is 2.04. The molecule has 1 unspecified atom stereocenters. The van der Waals surface area contributed by atoms with Crippen LogP contribution in [0.15, 0.2) is 30.2 Å². The van der Waals surface area contributed by atoms with Crippen molar-refractivity contribution in [2.45, 2.75) is 33.0 Å². The molecule has 0 saturated heterocycles. The molecule has 0 aliphatic carbocycles. The molecular formula is C12H17N3S. The lowest BCUT2D eigenvalue weighted by molar-refractivity contribution is 0.477. The fourth-order valence-electron chi connectivity index (χ4n) is 1.63. The number of rotatable bonds is 5. The van der Waals surface area contributed by atoms with Gasteiger partial charge in [0, 0.05) is 36.4 Å². The predicted molar refractivity (Wildman–Crippen MR) is 67.6 cm³/mol. The Balaban J connectivity index is 1.80. The molecule has 0 fully saturated rings. The van der Waals surface area contributed by atoms with Crippen LogP contribution in [-0.4, -0.2) is 15.6 Å². The van der Waals surface area contributed by atoms with Gasteiger partial charge in [0.15, 0.2) is 0 Å². The van der Waals surface area contributed by atoms with Crippen LogP contribution in [0.2, 0.25) is 0 Å². The molecule has 0 aliphatic rings. The molecule has 2 heterocycles. The van der Waals surface area contributed by atoms with Crippen molar-refractivity contribution in [3.8, 4) is 0 Å². The number of imidazole rings is 1. The summed E-state index contributed by atoms with van der Waals surface area (Å²) in [5.74, 6) is 0. The Morgan fingerprint density at radius 2 is 2.44 bits per heavy atom. The molecule has 2 aromatic rings. The van der Waals surface area contributed by atoms with E-state index in [1.165, 1.54) is 10.4 Å². The maximum atomic E-state index is 4.04. The van der Waals surface area contributed by atoms with Crippen molar-refractivity contribution in [3.05, 3.63) is 40.6 Å². The summed E-state index contributed by atoms with van der Waals surface area (Å²) in [7, 11) is 0. The van der Waals surface area contributed by atoms with Gasteiger partial charge in [0.05, 0.1) is 6.33 Å². The average molecular weight is 235 g/mol. The van der Waals surface area contributed by atoms with Crippen molar-refractivity contribution < 1.29 is 0 Å². The van der Waals surface area contributed by atoms with Crippen molar-refractivity contribution in [2.24, 2.45) is 0 Å². The minimum absolute atomic E-state index is 0.454. The van der Waals surface area contributed by atoms with E-state index in [0.29, 0.717) is 6.04 Å². The molecule has 1 atom stereocenters. The Kier molecular flexibility index (Phi) is 3.74.